The van der Waals surface area contributed by atoms with Crippen LogP contribution in [0, 0.1) is 0 Å². The highest BCUT2D eigenvalue weighted by atomic mass is 16.7. The van der Waals surface area contributed by atoms with Crippen molar-refractivity contribution < 1.29 is 29.6 Å². The Kier molecular flexibility index (Phi) is 8.78. The second-order valence-electron chi connectivity index (χ2n) is 6.93. The number of hydrogen-bond donors (Lipinski definition) is 3. The number of amides is 1. The number of ether oxygens (including phenoxy) is 2. The first kappa shape index (κ1) is 23.0. The average molecular weight is 406 g/mol. The van der Waals surface area contributed by atoms with Crippen molar-refractivity contribution in [1.29, 1.82) is 0 Å². The molecule has 1 amide bonds. The molecule has 0 bridgehead atoms. The quantitative estimate of drug-likeness (QED) is 0.435. The minimum absolute atomic E-state index is 0.144. The summed E-state index contributed by atoms with van der Waals surface area (Å²) in [5, 5.41) is 35.1. The topological polar surface area (TPSA) is 112 Å². The molecule has 1 saturated heterocycles. The molecule has 0 saturated carbocycles. The zero-order valence-electron chi connectivity index (χ0n) is 16.9. The molecule has 2 heterocycles. The largest absolute Gasteiger partial charge is 0.465 e. The lowest BCUT2D eigenvalue weighted by Gasteiger charge is -2.26. The van der Waals surface area contributed by atoms with Crippen LogP contribution in [0.4, 0.5) is 0 Å². The van der Waals surface area contributed by atoms with Gasteiger partial charge in [-0.05, 0) is 32.4 Å². The number of allylic oxidation sites excluding steroid dienone is 3. The predicted octanol–water partition coefficient (Wildman–Crippen LogP) is 1.40. The summed E-state index contributed by atoms with van der Waals surface area (Å²) in [6.45, 7) is 7.19. The molecule has 8 nitrogen and oxygen atoms in total. The first-order valence-electron chi connectivity index (χ1n) is 9.69. The zero-order chi connectivity index (χ0) is 21.4. The van der Waals surface area contributed by atoms with E-state index >= 15 is 0 Å². The van der Waals surface area contributed by atoms with E-state index in [2.05, 4.69) is 11.7 Å². The van der Waals surface area contributed by atoms with Crippen molar-refractivity contribution in [2.75, 3.05) is 13.2 Å². The Morgan fingerprint density at radius 1 is 1.45 bits per heavy atom. The first-order valence-corrected chi connectivity index (χ1v) is 9.69. The van der Waals surface area contributed by atoms with E-state index in [1.54, 1.807) is 30.4 Å². The molecular weight excluding hydrogens is 376 g/mol. The van der Waals surface area contributed by atoms with Crippen LogP contribution in [0.3, 0.4) is 0 Å². The molecule has 0 spiro atoms. The Bertz CT molecular complexity index is 712. The van der Waals surface area contributed by atoms with Crippen molar-refractivity contribution in [2.24, 2.45) is 5.10 Å². The van der Waals surface area contributed by atoms with Gasteiger partial charge in [-0.15, -0.1) is 0 Å². The van der Waals surface area contributed by atoms with Crippen LogP contribution >= 0.6 is 0 Å². The third-order valence-corrected chi connectivity index (χ3v) is 4.66. The number of rotatable bonds is 7. The molecule has 0 aromatic heterocycles. The normalized spacial score (nSPS) is 29.2. The van der Waals surface area contributed by atoms with Crippen molar-refractivity contribution in [3.63, 3.8) is 0 Å². The summed E-state index contributed by atoms with van der Waals surface area (Å²) < 4.78 is 11.7. The van der Waals surface area contributed by atoms with Gasteiger partial charge in [0.1, 0.15) is 18.0 Å². The fraction of sp³-hybridized carbons (Fsp3) is 0.524. The van der Waals surface area contributed by atoms with E-state index in [4.69, 9.17) is 9.47 Å². The molecule has 3 N–H and O–H groups in total. The summed E-state index contributed by atoms with van der Waals surface area (Å²) >= 11 is 0. The van der Waals surface area contributed by atoms with Gasteiger partial charge in [0, 0.05) is 18.4 Å². The lowest BCUT2D eigenvalue weighted by atomic mass is 10.1. The van der Waals surface area contributed by atoms with E-state index in [0.29, 0.717) is 23.5 Å². The van der Waals surface area contributed by atoms with Crippen LogP contribution in [0.15, 0.2) is 53.4 Å². The van der Waals surface area contributed by atoms with E-state index in [9.17, 15) is 20.1 Å². The monoisotopic (exact) mass is 406 g/mol. The van der Waals surface area contributed by atoms with Crippen molar-refractivity contribution in [2.45, 2.75) is 57.7 Å². The van der Waals surface area contributed by atoms with Crippen molar-refractivity contribution in [3.8, 4) is 0 Å². The Morgan fingerprint density at radius 2 is 2.21 bits per heavy atom. The smallest absolute Gasteiger partial charge is 0.246 e. The highest BCUT2D eigenvalue weighted by Gasteiger charge is 2.34. The lowest BCUT2D eigenvalue weighted by molar-refractivity contribution is -0.180. The van der Waals surface area contributed by atoms with Gasteiger partial charge in [-0.25, -0.2) is 5.01 Å². The minimum atomic E-state index is -1.19. The van der Waals surface area contributed by atoms with Gasteiger partial charge < -0.3 is 24.8 Å². The highest BCUT2D eigenvalue weighted by molar-refractivity contribution is 5.95. The van der Waals surface area contributed by atoms with E-state index in [1.165, 1.54) is 5.01 Å². The summed E-state index contributed by atoms with van der Waals surface area (Å²) in [5.74, 6) is 0.294. The van der Waals surface area contributed by atoms with E-state index in [1.807, 2.05) is 13.8 Å². The molecule has 2 aliphatic rings. The van der Waals surface area contributed by atoms with Gasteiger partial charge >= 0.3 is 0 Å². The molecule has 0 aromatic rings. The molecule has 0 radical (unpaired) electrons. The molecule has 2 rings (SSSR count). The third-order valence-electron chi connectivity index (χ3n) is 4.66. The van der Waals surface area contributed by atoms with Gasteiger partial charge in [-0.3, -0.25) is 4.79 Å². The van der Waals surface area contributed by atoms with E-state index < -0.39 is 31.2 Å². The van der Waals surface area contributed by atoms with Crippen LogP contribution in [-0.4, -0.2) is 69.7 Å². The van der Waals surface area contributed by atoms with Gasteiger partial charge in [0.2, 0.25) is 5.91 Å². The standard InChI is InChI=1S/C21H30N2O6/c1-4-7-17(28-20-11-10-16(25)21(27)18(13-24)29-20)15(5-2)12-23-19(26)9-6-8-14(3)22-23/h4-8,16,18,20-21,24-25,27H,2,9-13H2,1,3H3/b7-4-,17-15-/t16?,18?,20?,21-/m0/s1. The zero-order valence-corrected chi connectivity index (χ0v) is 16.9. The number of hydrazone groups is 1. The van der Waals surface area contributed by atoms with Crippen molar-refractivity contribution in [1.82, 2.24) is 5.01 Å². The summed E-state index contributed by atoms with van der Waals surface area (Å²) in [4.78, 5) is 12.3. The number of aliphatic hydroxyl groups excluding tert-OH is 3. The molecule has 1 fully saturated rings. The molecule has 3 unspecified atom stereocenters. The molecule has 0 aliphatic carbocycles. The van der Waals surface area contributed by atoms with Crippen molar-refractivity contribution in [3.05, 3.63) is 48.3 Å². The second-order valence-corrected chi connectivity index (χ2v) is 6.93. The summed E-state index contributed by atoms with van der Waals surface area (Å²) in [6, 6.07) is 0. The SMILES string of the molecule is C=C/C(CN1N=C(C)C=CCC1=O)=C(\C=C/C)OC1CCC(O)[C@H](O)C(CO)O1. The number of nitrogens with zero attached hydrogens (tertiary/aromatic N) is 2. The average Bonchev–Trinajstić information content (AvgIpc) is 2.94. The van der Waals surface area contributed by atoms with Crippen LogP contribution in [0.1, 0.15) is 33.1 Å². The maximum absolute atomic E-state index is 12.3. The number of hydrogen-bond acceptors (Lipinski definition) is 7. The number of aliphatic hydroxyl groups is 3. The van der Waals surface area contributed by atoms with Crippen LogP contribution in [0.25, 0.3) is 0 Å². The third kappa shape index (κ3) is 6.37. The van der Waals surface area contributed by atoms with Crippen LogP contribution in [-0.2, 0) is 14.3 Å². The van der Waals surface area contributed by atoms with Crippen LogP contribution in [0.2, 0.25) is 0 Å². The number of carbonyl (C=O) groups excluding carboxylic acids is 1. The van der Waals surface area contributed by atoms with Gasteiger partial charge in [-0.2, -0.15) is 5.10 Å². The summed E-state index contributed by atoms with van der Waals surface area (Å²) in [6.07, 6.45) is 5.56. The molecule has 2 aliphatic heterocycles. The van der Waals surface area contributed by atoms with E-state index in [0.717, 1.165) is 0 Å². The molecule has 29 heavy (non-hydrogen) atoms. The Morgan fingerprint density at radius 3 is 2.86 bits per heavy atom. The highest BCUT2D eigenvalue weighted by Crippen LogP contribution is 2.24. The van der Waals surface area contributed by atoms with Gasteiger partial charge in [0.05, 0.1) is 25.0 Å². The molecule has 8 heteroatoms. The Labute approximate surface area is 171 Å². The maximum Gasteiger partial charge on any atom is 0.246 e. The summed E-state index contributed by atoms with van der Waals surface area (Å²) in [5.41, 5.74) is 1.35. The van der Waals surface area contributed by atoms with Crippen LogP contribution < -0.4 is 0 Å². The van der Waals surface area contributed by atoms with E-state index in [-0.39, 0.29) is 25.3 Å². The first-order chi connectivity index (χ1) is 13.9. The number of carbonyl (C=O) groups is 1. The lowest BCUT2D eigenvalue weighted by Crippen LogP contribution is -2.40. The molecule has 4 atom stereocenters. The van der Waals surface area contributed by atoms with Gasteiger partial charge in [0.15, 0.2) is 6.29 Å². The Hall–Kier alpha value is -2.26. The molecule has 0 aromatic carbocycles. The van der Waals surface area contributed by atoms with Gasteiger partial charge in [-0.1, -0.05) is 24.8 Å². The van der Waals surface area contributed by atoms with Crippen LogP contribution in [0.5, 0.6) is 0 Å². The maximum atomic E-state index is 12.3. The van der Waals surface area contributed by atoms with Gasteiger partial charge in [0.25, 0.3) is 0 Å². The molecular formula is C21H30N2O6. The fourth-order valence-corrected chi connectivity index (χ4v) is 3.06. The fourth-order valence-electron chi connectivity index (χ4n) is 3.06. The predicted molar refractivity (Wildman–Crippen MR) is 109 cm³/mol. The minimum Gasteiger partial charge on any atom is -0.465 e. The van der Waals surface area contributed by atoms with Crippen molar-refractivity contribution >= 4 is 11.6 Å². The Balaban J connectivity index is 2.24. The molecule has 160 valence electrons. The second kappa shape index (κ2) is 11.1. The summed E-state index contributed by atoms with van der Waals surface area (Å²) in [7, 11) is 0.